The van der Waals surface area contributed by atoms with E-state index in [1.54, 1.807) is 7.11 Å². The molecule has 0 saturated heterocycles. The van der Waals surface area contributed by atoms with Gasteiger partial charge >= 0.3 is 0 Å². The molecule has 2 aromatic carbocycles. The lowest BCUT2D eigenvalue weighted by Gasteiger charge is -2.14. The van der Waals surface area contributed by atoms with Crippen molar-refractivity contribution in [2.75, 3.05) is 20.3 Å². The standard InChI is InChI=1S/C16H16BrClO3/c1-19-15-7-2-4-12(11-18)16(15)21-9-8-20-14-6-3-5-13(17)10-14/h2-7,10H,8-9,11H2,1H3. The lowest BCUT2D eigenvalue weighted by molar-refractivity contribution is 0.210. The van der Waals surface area contributed by atoms with Gasteiger partial charge in [0.25, 0.3) is 0 Å². The van der Waals surface area contributed by atoms with Gasteiger partial charge in [-0.2, -0.15) is 0 Å². The van der Waals surface area contributed by atoms with E-state index in [-0.39, 0.29) is 0 Å². The molecule has 0 spiro atoms. The summed E-state index contributed by atoms with van der Waals surface area (Å²) < 4.78 is 17.7. The average Bonchev–Trinajstić information content (AvgIpc) is 2.51. The first-order chi connectivity index (χ1) is 10.2. The van der Waals surface area contributed by atoms with Gasteiger partial charge < -0.3 is 14.2 Å². The second-order valence-electron chi connectivity index (χ2n) is 4.24. The molecule has 0 saturated carbocycles. The molecule has 0 aliphatic carbocycles. The molecule has 0 aliphatic rings. The highest BCUT2D eigenvalue weighted by atomic mass is 79.9. The molecule has 0 unspecified atom stereocenters. The van der Waals surface area contributed by atoms with Crippen molar-refractivity contribution >= 4 is 27.5 Å². The Morgan fingerprint density at radius 2 is 1.81 bits per heavy atom. The number of alkyl halides is 1. The molecule has 0 atom stereocenters. The van der Waals surface area contributed by atoms with Gasteiger partial charge in [0, 0.05) is 10.0 Å². The molecule has 0 N–H and O–H groups in total. The van der Waals surface area contributed by atoms with Crippen molar-refractivity contribution in [3.63, 3.8) is 0 Å². The zero-order chi connectivity index (χ0) is 15.1. The van der Waals surface area contributed by atoms with Crippen molar-refractivity contribution in [1.82, 2.24) is 0 Å². The van der Waals surface area contributed by atoms with Gasteiger partial charge in [-0.1, -0.05) is 34.1 Å². The minimum atomic E-state index is 0.374. The Morgan fingerprint density at radius 1 is 1.05 bits per heavy atom. The summed E-state index contributed by atoms with van der Waals surface area (Å²) in [6.07, 6.45) is 0. The largest absolute Gasteiger partial charge is 0.493 e. The minimum Gasteiger partial charge on any atom is -0.493 e. The van der Waals surface area contributed by atoms with Gasteiger partial charge in [0.1, 0.15) is 19.0 Å². The van der Waals surface area contributed by atoms with Crippen LogP contribution in [0.4, 0.5) is 0 Å². The molecule has 0 aromatic heterocycles. The van der Waals surface area contributed by atoms with Crippen LogP contribution in [0.3, 0.4) is 0 Å². The number of hydrogen-bond acceptors (Lipinski definition) is 3. The van der Waals surface area contributed by atoms with Crippen molar-refractivity contribution < 1.29 is 14.2 Å². The summed E-state index contributed by atoms with van der Waals surface area (Å²) in [6.45, 7) is 0.854. The number of hydrogen-bond donors (Lipinski definition) is 0. The van der Waals surface area contributed by atoms with E-state index in [9.17, 15) is 0 Å². The summed E-state index contributed by atoms with van der Waals surface area (Å²) in [4.78, 5) is 0. The Kier molecular flexibility index (Phi) is 6.21. The smallest absolute Gasteiger partial charge is 0.165 e. The van der Waals surface area contributed by atoms with Crippen LogP contribution < -0.4 is 14.2 Å². The molecule has 112 valence electrons. The zero-order valence-corrected chi connectivity index (χ0v) is 14.0. The minimum absolute atomic E-state index is 0.374. The fraction of sp³-hybridized carbons (Fsp3) is 0.250. The SMILES string of the molecule is COc1cccc(CCl)c1OCCOc1cccc(Br)c1. The molecule has 0 fully saturated rings. The first kappa shape index (κ1) is 16.0. The highest BCUT2D eigenvalue weighted by Crippen LogP contribution is 2.32. The third-order valence-corrected chi connectivity index (χ3v) is 3.60. The Labute approximate surface area is 137 Å². The van der Waals surface area contributed by atoms with Crippen LogP contribution in [0.5, 0.6) is 17.2 Å². The van der Waals surface area contributed by atoms with Crippen LogP contribution in [0.2, 0.25) is 0 Å². The zero-order valence-electron chi connectivity index (χ0n) is 11.6. The second kappa shape index (κ2) is 8.15. The molecular formula is C16H16BrClO3. The van der Waals surface area contributed by atoms with Gasteiger partial charge in [-0.3, -0.25) is 0 Å². The summed E-state index contributed by atoms with van der Waals surface area (Å²) in [5, 5.41) is 0. The Hall–Kier alpha value is -1.39. The highest BCUT2D eigenvalue weighted by molar-refractivity contribution is 9.10. The van der Waals surface area contributed by atoms with Gasteiger partial charge in [-0.15, -0.1) is 11.6 Å². The number of methoxy groups -OCH3 is 1. The van der Waals surface area contributed by atoms with Crippen LogP contribution in [0.25, 0.3) is 0 Å². The van der Waals surface area contributed by atoms with E-state index in [2.05, 4.69) is 15.9 Å². The van der Waals surface area contributed by atoms with Crippen LogP contribution in [0, 0.1) is 0 Å². The van der Waals surface area contributed by atoms with Crippen molar-refractivity contribution in [1.29, 1.82) is 0 Å². The van der Waals surface area contributed by atoms with Gasteiger partial charge in [0.15, 0.2) is 11.5 Å². The van der Waals surface area contributed by atoms with E-state index < -0.39 is 0 Å². The fourth-order valence-corrected chi connectivity index (χ4v) is 2.44. The molecule has 2 rings (SSSR count). The normalized spacial score (nSPS) is 10.2. The molecule has 21 heavy (non-hydrogen) atoms. The number of halogens is 2. The van der Waals surface area contributed by atoms with E-state index in [4.69, 9.17) is 25.8 Å². The lowest BCUT2D eigenvalue weighted by atomic mass is 10.2. The molecule has 3 nitrogen and oxygen atoms in total. The van der Waals surface area contributed by atoms with Gasteiger partial charge in [0.05, 0.1) is 13.0 Å². The van der Waals surface area contributed by atoms with E-state index in [0.717, 1.165) is 15.8 Å². The van der Waals surface area contributed by atoms with Crippen LogP contribution in [0.1, 0.15) is 5.56 Å². The van der Waals surface area contributed by atoms with E-state index in [1.807, 2.05) is 42.5 Å². The predicted octanol–water partition coefficient (Wildman–Crippen LogP) is 4.65. The molecule has 0 radical (unpaired) electrons. The van der Waals surface area contributed by atoms with Gasteiger partial charge in [-0.05, 0) is 24.3 Å². The molecular weight excluding hydrogens is 356 g/mol. The Balaban J connectivity index is 1.91. The van der Waals surface area contributed by atoms with Crippen molar-refractivity contribution in [3.8, 4) is 17.2 Å². The predicted molar refractivity (Wildman–Crippen MR) is 87.7 cm³/mol. The summed E-state index contributed by atoms with van der Waals surface area (Å²) >= 11 is 9.32. The molecule has 0 heterocycles. The molecule has 5 heteroatoms. The maximum Gasteiger partial charge on any atom is 0.165 e. The average molecular weight is 372 g/mol. The highest BCUT2D eigenvalue weighted by Gasteiger charge is 2.09. The van der Waals surface area contributed by atoms with Crippen molar-refractivity contribution in [2.45, 2.75) is 5.88 Å². The number of para-hydroxylation sites is 1. The third-order valence-electron chi connectivity index (χ3n) is 2.82. The molecule has 0 amide bonds. The first-order valence-electron chi connectivity index (χ1n) is 6.47. The number of benzene rings is 2. The monoisotopic (exact) mass is 370 g/mol. The Morgan fingerprint density at radius 3 is 2.52 bits per heavy atom. The quantitative estimate of drug-likeness (QED) is 0.523. The van der Waals surface area contributed by atoms with E-state index in [1.165, 1.54) is 0 Å². The van der Waals surface area contributed by atoms with E-state index in [0.29, 0.717) is 30.6 Å². The summed E-state index contributed by atoms with van der Waals surface area (Å²) in [5.41, 5.74) is 0.901. The van der Waals surface area contributed by atoms with Crippen molar-refractivity contribution in [2.24, 2.45) is 0 Å². The maximum absolute atomic E-state index is 5.92. The summed E-state index contributed by atoms with van der Waals surface area (Å²) in [6, 6.07) is 13.3. The topological polar surface area (TPSA) is 27.7 Å². The van der Waals surface area contributed by atoms with Crippen LogP contribution in [-0.2, 0) is 5.88 Å². The maximum atomic E-state index is 5.92. The third kappa shape index (κ3) is 4.55. The number of rotatable bonds is 7. The van der Waals surface area contributed by atoms with Crippen LogP contribution in [0.15, 0.2) is 46.9 Å². The van der Waals surface area contributed by atoms with Crippen molar-refractivity contribution in [3.05, 3.63) is 52.5 Å². The first-order valence-corrected chi connectivity index (χ1v) is 7.80. The Bertz CT molecular complexity index is 567. The molecule has 0 bridgehead atoms. The number of ether oxygens (including phenoxy) is 3. The van der Waals surface area contributed by atoms with E-state index >= 15 is 0 Å². The lowest BCUT2D eigenvalue weighted by Crippen LogP contribution is -2.10. The van der Waals surface area contributed by atoms with Crippen LogP contribution >= 0.6 is 27.5 Å². The summed E-state index contributed by atoms with van der Waals surface area (Å²) in [7, 11) is 1.61. The van der Waals surface area contributed by atoms with Crippen LogP contribution in [-0.4, -0.2) is 20.3 Å². The van der Waals surface area contributed by atoms with Gasteiger partial charge in [-0.25, -0.2) is 0 Å². The van der Waals surface area contributed by atoms with Gasteiger partial charge in [0.2, 0.25) is 0 Å². The summed E-state index contributed by atoms with van der Waals surface area (Å²) in [5.74, 6) is 2.52. The second-order valence-corrected chi connectivity index (χ2v) is 5.42. The fourth-order valence-electron chi connectivity index (χ4n) is 1.85. The molecule has 0 aliphatic heterocycles. The molecule has 2 aromatic rings.